The van der Waals surface area contributed by atoms with Gasteiger partial charge in [-0.25, -0.2) is 0 Å². The normalized spacial score (nSPS) is 11.4. The van der Waals surface area contributed by atoms with Gasteiger partial charge in [-0.1, -0.05) is 188 Å². The number of para-hydroxylation sites is 3. The first kappa shape index (κ1) is 37.3. The van der Waals surface area contributed by atoms with Crippen molar-refractivity contribution in [3.63, 3.8) is 0 Å². The van der Waals surface area contributed by atoms with E-state index in [0.717, 1.165) is 28.3 Å². The van der Waals surface area contributed by atoms with Gasteiger partial charge in [0.2, 0.25) is 0 Å². The van der Waals surface area contributed by atoms with Gasteiger partial charge in [0, 0.05) is 33.4 Å². The van der Waals surface area contributed by atoms with Crippen molar-refractivity contribution in [1.29, 1.82) is 0 Å². The van der Waals surface area contributed by atoms with Crippen LogP contribution in [0.25, 0.3) is 93.5 Å². The summed E-state index contributed by atoms with van der Waals surface area (Å²) in [6.45, 7) is 0. The Labute approximate surface area is 373 Å². The molecule has 0 saturated carbocycles. The number of aromatic nitrogens is 1. The molecule has 0 aliphatic rings. The lowest BCUT2D eigenvalue weighted by Gasteiger charge is -2.28. The van der Waals surface area contributed by atoms with Gasteiger partial charge in [-0.15, -0.1) is 0 Å². The number of hydrogen-bond donors (Lipinski definition) is 0. The smallest absolute Gasteiger partial charge is 0.0553 e. The van der Waals surface area contributed by atoms with Crippen molar-refractivity contribution in [2.75, 3.05) is 4.90 Å². The fourth-order valence-corrected chi connectivity index (χ4v) is 9.74. The highest BCUT2D eigenvalue weighted by molar-refractivity contribution is 6.17. The molecule has 11 aromatic carbocycles. The second-order valence-electron chi connectivity index (χ2n) is 16.5. The maximum absolute atomic E-state index is 2.42. The minimum absolute atomic E-state index is 1.08. The SMILES string of the molecule is c1ccc(-c2cc(-c3cccc(N(c4ccc(-c5ccc6c(ccc7ccccc76)c5)cc4)c4ccccc4-c4ccccc4)c3)c3c4ccccc4n(-c4ccccc4)c3c2)cc1. The summed E-state index contributed by atoms with van der Waals surface area (Å²) in [5.74, 6) is 0. The van der Waals surface area contributed by atoms with Gasteiger partial charge in [0.1, 0.15) is 0 Å². The lowest BCUT2D eigenvalue weighted by molar-refractivity contribution is 1.18. The Morgan fingerprint density at radius 1 is 0.281 bits per heavy atom. The second kappa shape index (κ2) is 15.8. The zero-order valence-corrected chi connectivity index (χ0v) is 35.1. The average Bonchev–Trinajstić information content (AvgIpc) is 3.71. The lowest BCUT2D eigenvalue weighted by Crippen LogP contribution is -2.11. The van der Waals surface area contributed by atoms with E-state index in [1.165, 1.54) is 82.3 Å². The molecule has 0 atom stereocenters. The summed E-state index contributed by atoms with van der Waals surface area (Å²) < 4.78 is 2.42. The Hall–Kier alpha value is -8.46. The van der Waals surface area contributed by atoms with Gasteiger partial charge in [-0.2, -0.15) is 0 Å². The summed E-state index contributed by atoms with van der Waals surface area (Å²) in [5.41, 5.74) is 16.2. The fourth-order valence-electron chi connectivity index (χ4n) is 9.74. The summed E-state index contributed by atoms with van der Waals surface area (Å²) in [6.07, 6.45) is 0. The first-order chi connectivity index (χ1) is 31.7. The van der Waals surface area contributed by atoms with Crippen LogP contribution in [0.2, 0.25) is 0 Å². The topological polar surface area (TPSA) is 8.17 Å². The van der Waals surface area contributed by atoms with E-state index < -0.39 is 0 Å². The molecular formula is C62H42N2. The van der Waals surface area contributed by atoms with Crippen LogP contribution in [0, 0.1) is 0 Å². The monoisotopic (exact) mass is 814 g/mol. The van der Waals surface area contributed by atoms with Gasteiger partial charge in [0.05, 0.1) is 16.7 Å². The van der Waals surface area contributed by atoms with Crippen molar-refractivity contribution in [1.82, 2.24) is 4.57 Å². The van der Waals surface area contributed by atoms with E-state index in [0.29, 0.717) is 0 Å². The quantitative estimate of drug-likeness (QED) is 0.139. The molecule has 0 bridgehead atoms. The van der Waals surface area contributed by atoms with Crippen molar-refractivity contribution < 1.29 is 0 Å². The van der Waals surface area contributed by atoms with E-state index in [-0.39, 0.29) is 0 Å². The summed E-state index contributed by atoms with van der Waals surface area (Å²) in [5, 5.41) is 7.53. The fraction of sp³-hybridized carbons (Fsp3) is 0. The molecule has 0 N–H and O–H groups in total. The lowest BCUT2D eigenvalue weighted by atomic mass is 9.93. The van der Waals surface area contributed by atoms with Gasteiger partial charge in [0.25, 0.3) is 0 Å². The molecule has 300 valence electrons. The van der Waals surface area contributed by atoms with Gasteiger partial charge in [-0.3, -0.25) is 0 Å². The number of hydrogen-bond acceptors (Lipinski definition) is 1. The van der Waals surface area contributed by atoms with Crippen LogP contribution < -0.4 is 4.90 Å². The van der Waals surface area contributed by atoms with E-state index in [1.54, 1.807) is 0 Å². The summed E-state index contributed by atoms with van der Waals surface area (Å²) >= 11 is 0. The number of benzene rings is 11. The number of anilines is 3. The van der Waals surface area contributed by atoms with Crippen molar-refractivity contribution in [3.05, 3.63) is 255 Å². The molecule has 64 heavy (non-hydrogen) atoms. The van der Waals surface area contributed by atoms with Gasteiger partial charge in [-0.05, 0) is 127 Å². The Balaban J connectivity index is 1.05. The van der Waals surface area contributed by atoms with Gasteiger partial charge in [0.15, 0.2) is 0 Å². The van der Waals surface area contributed by atoms with Crippen LogP contribution >= 0.6 is 0 Å². The van der Waals surface area contributed by atoms with E-state index >= 15 is 0 Å². The summed E-state index contributed by atoms with van der Waals surface area (Å²) in [4.78, 5) is 2.42. The van der Waals surface area contributed by atoms with Crippen LogP contribution in [0.1, 0.15) is 0 Å². The minimum Gasteiger partial charge on any atom is -0.310 e. The van der Waals surface area contributed by atoms with Crippen LogP contribution in [0.3, 0.4) is 0 Å². The van der Waals surface area contributed by atoms with Gasteiger partial charge >= 0.3 is 0 Å². The maximum Gasteiger partial charge on any atom is 0.0553 e. The second-order valence-corrected chi connectivity index (χ2v) is 16.5. The predicted octanol–water partition coefficient (Wildman–Crippen LogP) is 17.2. The molecule has 0 aliphatic heterocycles. The molecule has 0 amide bonds. The van der Waals surface area contributed by atoms with Crippen LogP contribution in [0.5, 0.6) is 0 Å². The highest BCUT2D eigenvalue weighted by Gasteiger charge is 2.21. The number of nitrogens with zero attached hydrogens (tertiary/aromatic N) is 2. The van der Waals surface area contributed by atoms with Crippen LogP contribution in [0.4, 0.5) is 17.1 Å². The van der Waals surface area contributed by atoms with Crippen LogP contribution in [-0.2, 0) is 0 Å². The molecule has 0 saturated heterocycles. The minimum atomic E-state index is 1.08. The van der Waals surface area contributed by atoms with Crippen molar-refractivity contribution in [2.24, 2.45) is 0 Å². The average molecular weight is 815 g/mol. The van der Waals surface area contributed by atoms with E-state index in [2.05, 4.69) is 264 Å². The van der Waals surface area contributed by atoms with Crippen LogP contribution in [0.15, 0.2) is 255 Å². The third-order valence-corrected chi connectivity index (χ3v) is 12.7. The predicted molar refractivity (Wildman–Crippen MR) is 272 cm³/mol. The van der Waals surface area contributed by atoms with E-state index in [4.69, 9.17) is 0 Å². The Kier molecular flexibility index (Phi) is 9.20. The number of fused-ring (bicyclic) bond motifs is 6. The molecule has 0 unspecified atom stereocenters. The molecule has 0 spiro atoms. The van der Waals surface area contributed by atoms with Gasteiger partial charge < -0.3 is 9.47 Å². The first-order valence-electron chi connectivity index (χ1n) is 22.0. The van der Waals surface area contributed by atoms with Crippen molar-refractivity contribution in [3.8, 4) is 50.2 Å². The Morgan fingerprint density at radius 3 is 1.70 bits per heavy atom. The molecule has 0 fully saturated rings. The van der Waals surface area contributed by atoms with E-state index in [9.17, 15) is 0 Å². The van der Waals surface area contributed by atoms with Crippen molar-refractivity contribution >= 4 is 60.4 Å². The Bertz CT molecular complexity index is 3640. The molecular weight excluding hydrogens is 773 g/mol. The van der Waals surface area contributed by atoms with Crippen LogP contribution in [-0.4, -0.2) is 4.57 Å². The molecule has 1 heterocycles. The number of rotatable bonds is 8. The highest BCUT2D eigenvalue weighted by atomic mass is 15.1. The zero-order chi connectivity index (χ0) is 42.4. The third-order valence-electron chi connectivity index (χ3n) is 12.7. The summed E-state index contributed by atoms with van der Waals surface area (Å²) in [7, 11) is 0. The maximum atomic E-state index is 2.42. The largest absolute Gasteiger partial charge is 0.310 e. The molecule has 2 heteroatoms. The molecule has 12 aromatic rings. The van der Waals surface area contributed by atoms with Crippen molar-refractivity contribution in [2.45, 2.75) is 0 Å². The third kappa shape index (κ3) is 6.52. The standard InChI is InChI=1S/C62H42N2/c1-4-17-43(18-5-1)50-41-58(62-57-28-13-15-30-60(57)64(61(62)42-50)51-23-8-3-9-24-51)48-22-16-25-53(40-48)63(59-29-14-12-27-56(59)45-19-6-2-7-20-45)52-36-33-44(34-37-52)47-35-38-55-49(39-47)32-31-46-21-10-11-26-54(46)55/h1-42H. The molecule has 12 rings (SSSR count). The molecule has 1 aromatic heterocycles. The molecule has 0 aliphatic carbocycles. The summed E-state index contributed by atoms with van der Waals surface area (Å²) in [6, 6.07) is 92.8. The first-order valence-corrected chi connectivity index (χ1v) is 22.0. The zero-order valence-electron chi connectivity index (χ0n) is 35.1. The van der Waals surface area contributed by atoms with E-state index in [1.807, 2.05) is 0 Å². The Morgan fingerprint density at radius 2 is 0.891 bits per heavy atom. The molecule has 2 nitrogen and oxygen atoms in total. The molecule has 0 radical (unpaired) electrons. The highest BCUT2D eigenvalue weighted by Crippen LogP contribution is 2.45.